The van der Waals surface area contributed by atoms with Crippen LogP contribution in [0.1, 0.15) is 12.8 Å². The van der Waals surface area contributed by atoms with Crippen molar-refractivity contribution in [2.45, 2.75) is 12.8 Å². The van der Waals surface area contributed by atoms with Crippen molar-refractivity contribution in [3.05, 3.63) is 18.2 Å². The summed E-state index contributed by atoms with van der Waals surface area (Å²) in [6, 6.07) is 5.11. The fourth-order valence-corrected chi connectivity index (χ4v) is 2.68. The van der Waals surface area contributed by atoms with Crippen LogP contribution in [0.3, 0.4) is 0 Å². The lowest BCUT2D eigenvalue weighted by atomic mass is 10.2. The minimum Gasteiger partial charge on any atom is -0.371 e. The van der Waals surface area contributed by atoms with E-state index < -0.39 is 6.03 Å². The average Bonchev–Trinajstić information content (AvgIpc) is 3.14. The maximum atomic E-state index is 11.3. The van der Waals surface area contributed by atoms with E-state index in [0.29, 0.717) is 22.9 Å². The van der Waals surface area contributed by atoms with Crippen LogP contribution in [-0.2, 0) is 0 Å². The number of aliphatic imine (C=N–C) groups is 1. The van der Waals surface area contributed by atoms with Crippen LogP contribution in [0.15, 0.2) is 28.3 Å². The van der Waals surface area contributed by atoms with Gasteiger partial charge in [-0.15, -0.1) is 4.68 Å². The van der Waals surface area contributed by atoms with E-state index in [1.165, 1.54) is 12.8 Å². The van der Waals surface area contributed by atoms with Crippen molar-refractivity contribution in [2.24, 2.45) is 21.6 Å². The second-order valence-corrected chi connectivity index (χ2v) is 5.54. The molecule has 2 heterocycles. The van der Waals surface area contributed by atoms with Crippen molar-refractivity contribution in [1.82, 2.24) is 0 Å². The number of primary amides is 1. The molecule has 2 amide bonds. The first kappa shape index (κ1) is 15.0. The number of hydrogen-bond donors (Lipinski definition) is 3. The first-order valence-corrected chi connectivity index (χ1v) is 7.49. The van der Waals surface area contributed by atoms with Gasteiger partial charge in [0.25, 0.3) is 0 Å². The zero-order chi connectivity index (χ0) is 16.4. The van der Waals surface area contributed by atoms with Crippen molar-refractivity contribution >= 4 is 40.9 Å². The molecule has 120 valence electrons. The summed E-state index contributed by atoms with van der Waals surface area (Å²) in [6.07, 6.45) is 3.94. The smallest absolute Gasteiger partial charge is 0.320 e. The molecule has 23 heavy (non-hydrogen) atoms. The van der Waals surface area contributed by atoms with Gasteiger partial charge in [0.15, 0.2) is 5.71 Å². The molecule has 3 rings (SSSR count). The lowest BCUT2D eigenvalue weighted by Gasteiger charge is -2.19. The van der Waals surface area contributed by atoms with Gasteiger partial charge in [-0.25, -0.2) is 9.79 Å². The standard InChI is InChI=1S/C15H19N7O/c1-21-14(16)13(9-18-21)19-11-5-4-10(22-6-2-3-7-22)8-12(11)20-15(17)23/h4-5,8-9H,2-3,6-7H2,1H3,(H4,16,17,18,20,23)/p+1. The number of nitrogens with two attached hydrogens (primary N) is 2. The molecule has 5 N–H and O–H groups in total. The number of amidine groups is 1. The predicted molar refractivity (Wildman–Crippen MR) is 92.1 cm³/mol. The third-order valence-corrected chi connectivity index (χ3v) is 3.91. The van der Waals surface area contributed by atoms with Crippen LogP contribution in [0.2, 0.25) is 0 Å². The van der Waals surface area contributed by atoms with Crippen LogP contribution in [0.25, 0.3) is 0 Å². The molecular formula is C15H20N7O+. The lowest BCUT2D eigenvalue weighted by Crippen LogP contribution is -2.27. The molecule has 1 aromatic rings. The van der Waals surface area contributed by atoms with E-state index in [1.54, 1.807) is 17.9 Å². The van der Waals surface area contributed by atoms with E-state index in [9.17, 15) is 4.79 Å². The Kier molecular flexibility index (Phi) is 3.96. The van der Waals surface area contributed by atoms with Gasteiger partial charge in [0.2, 0.25) is 0 Å². The second kappa shape index (κ2) is 6.07. The van der Waals surface area contributed by atoms with Crippen LogP contribution in [0.5, 0.6) is 0 Å². The molecule has 1 saturated heterocycles. The molecule has 0 unspecified atom stereocenters. The third-order valence-electron chi connectivity index (χ3n) is 3.91. The highest BCUT2D eigenvalue weighted by atomic mass is 16.2. The van der Waals surface area contributed by atoms with E-state index in [0.717, 1.165) is 18.8 Å². The Balaban J connectivity index is 1.97. The molecule has 8 heteroatoms. The number of benzene rings is 1. The molecular weight excluding hydrogens is 294 g/mol. The maximum absolute atomic E-state index is 11.3. The van der Waals surface area contributed by atoms with Gasteiger partial charge < -0.3 is 16.0 Å². The number of rotatable bonds is 3. The topological polar surface area (TPSA) is 112 Å². The van der Waals surface area contributed by atoms with Crippen molar-refractivity contribution in [2.75, 3.05) is 30.4 Å². The van der Waals surface area contributed by atoms with Crippen LogP contribution in [-0.4, -0.2) is 48.6 Å². The van der Waals surface area contributed by atoms with Gasteiger partial charge >= 0.3 is 11.9 Å². The molecule has 1 aromatic carbocycles. The zero-order valence-electron chi connectivity index (χ0n) is 13.0. The number of nitrogens with one attached hydrogen (secondary N) is 1. The minimum atomic E-state index is -0.626. The molecule has 0 aliphatic carbocycles. The summed E-state index contributed by atoms with van der Waals surface area (Å²) in [4.78, 5) is 18.0. The van der Waals surface area contributed by atoms with Gasteiger partial charge in [0.1, 0.15) is 13.3 Å². The fraction of sp³-hybridized carbons (Fsp3) is 0.333. The highest BCUT2D eigenvalue weighted by Gasteiger charge is 2.20. The Morgan fingerprint density at radius 1 is 1.39 bits per heavy atom. The molecule has 0 atom stereocenters. The largest absolute Gasteiger partial charge is 0.371 e. The molecule has 2 aliphatic rings. The normalized spacial score (nSPS) is 19.0. The molecule has 0 spiro atoms. The summed E-state index contributed by atoms with van der Waals surface area (Å²) in [5, 5.41) is 6.70. The first-order valence-electron chi connectivity index (χ1n) is 7.49. The van der Waals surface area contributed by atoms with Gasteiger partial charge in [0.05, 0.1) is 11.4 Å². The van der Waals surface area contributed by atoms with Crippen LogP contribution < -0.4 is 21.7 Å². The second-order valence-electron chi connectivity index (χ2n) is 5.54. The number of hydrazone groups is 1. The highest BCUT2D eigenvalue weighted by Crippen LogP contribution is 2.31. The van der Waals surface area contributed by atoms with Crippen molar-refractivity contribution in [3.8, 4) is 0 Å². The minimum absolute atomic E-state index is 0.457. The quantitative estimate of drug-likeness (QED) is 0.719. The number of nitrogens with zero attached hydrogens (tertiary/aromatic N) is 4. The first-order chi connectivity index (χ1) is 11.0. The summed E-state index contributed by atoms with van der Waals surface area (Å²) in [7, 11) is 1.74. The molecule has 0 radical (unpaired) electrons. The molecule has 2 aliphatic heterocycles. The average molecular weight is 314 g/mol. The monoisotopic (exact) mass is 314 g/mol. The molecule has 1 fully saturated rings. The number of amides is 2. The third kappa shape index (κ3) is 3.15. The van der Waals surface area contributed by atoms with Crippen LogP contribution in [0, 0.1) is 0 Å². The molecule has 0 aromatic heterocycles. The number of anilines is 2. The summed E-state index contributed by atoms with van der Waals surface area (Å²) in [5.41, 5.74) is 13.9. The Hall–Kier alpha value is -2.90. The summed E-state index contributed by atoms with van der Waals surface area (Å²) in [5.74, 6) is 0.457. The van der Waals surface area contributed by atoms with E-state index in [4.69, 9.17) is 11.5 Å². The Labute approximate surface area is 134 Å². The van der Waals surface area contributed by atoms with Crippen LogP contribution in [0.4, 0.5) is 21.9 Å². The number of urea groups is 1. The number of hydrogen-bond acceptors (Lipinski definition) is 5. The fourth-order valence-electron chi connectivity index (χ4n) is 2.68. The van der Waals surface area contributed by atoms with Crippen LogP contribution >= 0.6 is 0 Å². The Morgan fingerprint density at radius 3 is 2.74 bits per heavy atom. The van der Waals surface area contributed by atoms with Crippen molar-refractivity contribution in [3.63, 3.8) is 0 Å². The van der Waals surface area contributed by atoms with E-state index >= 15 is 0 Å². The van der Waals surface area contributed by atoms with Gasteiger partial charge in [-0.1, -0.05) is 5.10 Å². The predicted octanol–water partition coefficient (Wildman–Crippen LogP) is 0.849. The summed E-state index contributed by atoms with van der Waals surface area (Å²) >= 11 is 0. The Bertz CT molecular complexity index is 729. The van der Waals surface area contributed by atoms with Gasteiger partial charge in [-0.3, -0.25) is 5.73 Å². The molecule has 0 bridgehead atoms. The van der Waals surface area contributed by atoms with Crippen molar-refractivity contribution < 1.29 is 9.48 Å². The number of carbonyl (C=O) groups excluding carboxylic acids is 1. The van der Waals surface area contributed by atoms with Crippen molar-refractivity contribution in [1.29, 1.82) is 0 Å². The van der Waals surface area contributed by atoms with Gasteiger partial charge in [-0.05, 0) is 31.0 Å². The number of carbonyl (C=O) groups is 1. The molecule has 8 nitrogen and oxygen atoms in total. The maximum Gasteiger partial charge on any atom is 0.320 e. The molecule has 0 saturated carbocycles. The van der Waals surface area contributed by atoms with E-state index in [2.05, 4.69) is 20.3 Å². The highest BCUT2D eigenvalue weighted by molar-refractivity contribution is 6.62. The van der Waals surface area contributed by atoms with E-state index in [-0.39, 0.29) is 0 Å². The lowest BCUT2D eigenvalue weighted by molar-refractivity contribution is -0.498. The van der Waals surface area contributed by atoms with E-state index in [1.807, 2.05) is 18.2 Å². The summed E-state index contributed by atoms with van der Waals surface area (Å²) in [6.45, 7) is 2.03. The zero-order valence-corrected chi connectivity index (χ0v) is 13.0. The Morgan fingerprint density at radius 2 is 2.13 bits per heavy atom. The van der Waals surface area contributed by atoms with Gasteiger partial charge in [0, 0.05) is 18.8 Å². The summed E-state index contributed by atoms with van der Waals surface area (Å²) < 4.78 is 1.54. The van der Waals surface area contributed by atoms with Gasteiger partial charge in [-0.2, -0.15) is 0 Å². The SMILES string of the molecule is C[N+]1=C(N)C(=Nc2ccc(N3CCCC3)cc2NC(N)=O)C=N1.